The molecule has 0 aliphatic carbocycles. The quantitative estimate of drug-likeness (QED) is 0.547. The number of rotatable bonds is 6. The molecule has 6 nitrogen and oxygen atoms in total. The van der Waals surface area contributed by atoms with Gasteiger partial charge in [-0.05, 0) is 44.2 Å². The minimum Gasteiger partial charge on any atom is -0.508 e. The van der Waals surface area contributed by atoms with E-state index in [2.05, 4.69) is 22.5 Å². The average molecular weight is 333 g/mol. The molecule has 3 atom stereocenters. The van der Waals surface area contributed by atoms with Crippen molar-refractivity contribution in [3.8, 4) is 11.5 Å². The second kappa shape index (κ2) is 7.75. The maximum absolute atomic E-state index is 10.0. The van der Waals surface area contributed by atoms with Crippen LogP contribution in [0.2, 0.25) is 0 Å². The van der Waals surface area contributed by atoms with Crippen molar-refractivity contribution in [3.63, 3.8) is 0 Å². The first-order valence-corrected chi connectivity index (χ1v) is 8.75. The molecule has 132 valence electrons. The summed E-state index contributed by atoms with van der Waals surface area (Å²) >= 11 is 0. The molecule has 2 saturated heterocycles. The van der Waals surface area contributed by atoms with E-state index >= 15 is 0 Å². The van der Waals surface area contributed by atoms with Crippen LogP contribution in [0, 0.1) is 0 Å². The lowest BCUT2D eigenvalue weighted by Crippen LogP contribution is -2.47. The van der Waals surface area contributed by atoms with Crippen molar-refractivity contribution >= 4 is 5.96 Å². The summed E-state index contributed by atoms with van der Waals surface area (Å²) in [6, 6.07) is 5.73. The zero-order valence-corrected chi connectivity index (χ0v) is 14.4. The van der Waals surface area contributed by atoms with E-state index in [0.29, 0.717) is 37.0 Å². The van der Waals surface area contributed by atoms with E-state index < -0.39 is 0 Å². The van der Waals surface area contributed by atoms with Gasteiger partial charge in [0, 0.05) is 19.2 Å². The molecule has 0 amide bonds. The number of guanidine groups is 1. The molecule has 3 N–H and O–H groups in total. The van der Waals surface area contributed by atoms with E-state index in [1.54, 1.807) is 13.2 Å². The molecule has 0 spiro atoms. The van der Waals surface area contributed by atoms with Crippen molar-refractivity contribution in [2.75, 3.05) is 20.2 Å². The van der Waals surface area contributed by atoms with Gasteiger partial charge in [0.1, 0.15) is 11.5 Å². The number of phenolic OH excluding ortho intramolecular Hbond substituents is 1. The third-order valence-corrected chi connectivity index (χ3v) is 4.72. The highest BCUT2D eigenvalue weighted by atomic mass is 16.5. The van der Waals surface area contributed by atoms with Crippen LogP contribution in [0.5, 0.6) is 11.5 Å². The molecular weight excluding hydrogens is 306 g/mol. The molecule has 1 aromatic rings. The number of aliphatic imine (C=N–C) groups is 1. The van der Waals surface area contributed by atoms with Crippen LogP contribution in [0.25, 0.3) is 0 Å². The topological polar surface area (TPSA) is 75.1 Å². The van der Waals surface area contributed by atoms with Crippen molar-refractivity contribution in [1.82, 2.24) is 10.6 Å². The first kappa shape index (κ1) is 16.9. The molecule has 24 heavy (non-hydrogen) atoms. The van der Waals surface area contributed by atoms with Crippen LogP contribution in [0.15, 0.2) is 23.2 Å². The van der Waals surface area contributed by atoms with Crippen LogP contribution >= 0.6 is 0 Å². The Hall–Kier alpha value is -1.95. The number of nitrogens with one attached hydrogen (secondary N) is 2. The lowest BCUT2D eigenvalue weighted by molar-refractivity contribution is 0.0992. The lowest BCUT2D eigenvalue weighted by Gasteiger charge is -2.22. The van der Waals surface area contributed by atoms with E-state index in [-0.39, 0.29) is 5.75 Å². The van der Waals surface area contributed by atoms with Crippen molar-refractivity contribution in [2.24, 2.45) is 4.99 Å². The highest BCUT2D eigenvalue weighted by Crippen LogP contribution is 2.34. The van der Waals surface area contributed by atoms with Crippen molar-refractivity contribution in [2.45, 2.75) is 50.9 Å². The largest absolute Gasteiger partial charge is 0.508 e. The summed E-state index contributed by atoms with van der Waals surface area (Å²) in [5, 5.41) is 16.8. The number of ether oxygens (including phenoxy) is 2. The molecular formula is C18H27N3O3. The monoisotopic (exact) mass is 333 g/mol. The summed E-state index contributed by atoms with van der Waals surface area (Å²) in [6.07, 6.45) is 4.82. The minimum absolute atomic E-state index is 0.254. The van der Waals surface area contributed by atoms with Crippen LogP contribution in [0.4, 0.5) is 0 Å². The second-order valence-electron chi connectivity index (χ2n) is 6.37. The van der Waals surface area contributed by atoms with Gasteiger partial charge in [0.15, 0.2) is 5.96 Å². The highest BCUT2D eigenvalue weighted by molar-refractivity contribution is 5.80. The van der Waals surface area contributed by atoms with E-state index in [1.807, 2.05) is 12.1 Å². The Morgan fingerprint density at radius 2 is 2.29 bits per heavy atom. The fourth-order valence-electron chi connectivity index (χ4n) is 3.46. The highest BCUT2D eigenvalue weighted by Gasteiger charge is 2.41. The van der Waals surface area contributed by atoms with Gasteiger partial charge in [0.05, 0.1) is 25.4 Å². The molecule has 2 heterocycles. The Balaban J connectivity index is 1.55. The molecule has 6 heteroatoms. The minimum atomic E-state index is 0.254. The molecule has 1 aromatic carbocycles. The Morgan fingerprint density at radius 3 is 2.92 bits per heavy atom. The average Bonchev–Trinajstić information content (AvgIpc) is 3.19. The van der Waals surface area contributed by atoms with Gasteiger partial charge in [-0.1, -0.05) is 6.07 Å². The van der Waals surface area contributed by atoms with Gasteiger partial charge in [-0.15, -0.1) is 0 Å². The number of hydrogen-bond donors (Lipinski definition) is 3. The molecule has 2 aliphatic heterocycles. The summed E-state index contributed by atoms with van der Waals surface area (Å²) in [5.41, 5.74) is 0.874. The Labute approximate surface area is 143 Å². The molecule has 0 aromatic heterocycles. The molecule has 0 radical (unpaired) electrons. The molecule has 2 fully saturated rings. The van der Waals surface area contributed by atoms with E-state index in [0.717, 1.165) is 30.9 Å². The van der Waals surface area contributed by atoms with Crippen LogP contribution in [0.3, 0.4) is 0 Å². The van der Waals surface area contributed by atoms with Crippen LogP contribution in [-0.2, 0) is 11.2 Å². The van der Waals surface area contributed by atoms with Gasteiger partial charge >= 0.3 is 0 Å². The number of nitrogens with zero attached hydrogens (tertiary/aromatic N) is 1. The van der Waals surface area contributed by atoms with Gasteiger partial charge in [-0.2, -0.15) is 0 Å². The number of hydrogen-bond acceptors (Lipinski definition) is 4. The standard InChI is InChI=1S/C18H27N3O3/c1-3-19-18(21-15-10-14-6-7-17(15)24-14)20-9-8-12-4-5-13(23-2)11-16(12)22/h4-5,11,14-15,17,22H,3,6-10H2,1-2H3,(H2,19,20,21). The van der Waals surface area contributed by atoms with Crippen LogP contribution in [-0.4, -0.2) is 49.5 Å². The van der Waals surface area contributed by atoms with Crippen molar-refractivity contribution < 1.29 is 14.6 Å². The van der Waals surface area contributed by atoms with Gasteiger partial charge in [0.2, 0.25) is 0 Å². The molecule has 3 rings (SSSR count). The summed E-state index contributed by atoms with van der Waals surface area (Å²) in [4.78, 5) is 4.64. The van der Waals surface area contributed by atoms with Gasteiger partial charge in [-0.25, -0.2) is 0 Å². The number of fused-ring (bicyclic) bond motifs is 2. The maximum Gasteiger partial charge on any atom is 0.191 e. The van der Waals surface area contributed by atoms with E-state index in [1.165, 1.54) is 6.42 Å². The van der Waals surface area contributed by atoms with Crippen molar-refractivity contribution in [3.05, 3.63) is 23.8 Å². The summed E-state index contributed by atoms with van der Waals surface area (Å²) in [5.74, 6) is 1.74. The van der Waals surface area contributed by atoms with Crippen LogP contribution in [0.1, 0.15) is 31.7 Å². The van der Waals surface area contributed by atoms with Gasteiger partial charge in [-0.3, -0.25) is 4.99 Å². The fourth-order valence-corrected chi connectivity index (χ4v) is 3.46. The number of aromatic hydroxyl groups is 1. The second-order valence-corrected chi connectivity index (χ2v) is 6.37. The first-order chi connectivity index (χ1) is 11.7. The number of benzene rings is 1. The fraction of sp³-hybridized carbons (Fsp3) is 0.611. The van der Waals surface area contributed by atoms with E-state index in [9.17, 15) is 5.11 Å². The Bertz CT molecular complexity index is 591. The third kappa shape index (κ3) is 3.93. The molecule has 2 bridgehead atoms. The maximum atomic E-state index is 10.0. The van der Waals surface area contributed by atoms with Crippen LogP contribution < -0.4 is 15.4 Å². The summed E-state index contributed by atoms with van der Waals surface area (Å²) in [7, 11) is 1.59. The number of methoxy groups -OCH3 is 1. The SMILES string of the molecule is CCNC(=NCCc1ccc(OC)cc1O)NC1CC2CCC1O2. The van der Waals surface area contributed by atoms with Gasteiger partial charge in [0.25, 0.3) is 0 Å². The Morgan fingerprint density at radius 1 is 1.42 bits per heavy atom. The predicted octanol–water partition coefficient (Wildman–Crippen LogP) is 1.82. The molecule has 0 saturated carbocycles. The number of phenols is 1. The summed E-state index contributed by atoms with van der Waals surface area (Å²) < 4.78 is 11.0. The normalized spacial score (nSPS) is 25.8. The van der Waals surface area contributed by atoms with Crippen molar-refractivity contribution in [1.29, 1.82) is 0 Å². The predicted molar refractivity (Wildman–Crippen MR) is 93.8 cm³/mol. The van der Waals surface area contributed by atoms with E-state index in [4.69, 9.17) is 9.47 Å². The zero-order chi connectivity index (χ0) is 16.9. The van der Waals surface area contributed by atoms with Gasteiger partial charge < -0.3 is 25.2 Å². The Kier molecular flexibility index (Phi) is 5.45. The first-order valence-electron chi connectivity index (χ1n) is 8.75. The summed E-state index contributed by atoms with van der Waals surface area (Å²) in [6.45, 7) is 3.49. The third-order valence-electron chi connectivity index (χ3n) is 4.72. The zero-order valence-electron chi connectivity index (χ0n) is 14.4. The smallest absolute Gasteiger partial charge is 0.191 e. The molecule has 2 aliphatic rings. The lowest BCUT2D eigenvalue weighted by atomic mass is 9.96. The molecule has 3 unspecified atom stereocenters.